The summed E-state index contributed by atoms with van der Waals surface area (Å²) < 4.78 is 5.03. The number of carbonyl (C=O) groups is 2. The molecule has 26 heavy (non-hydrogen) atoms. The van der Waals surface area contributed by atoms with Crippen LogP contribution in [-0.4, -0.2) is 59.2 Å². The van der Waals surface area contributed by atoms with Crippen LogP contribution in [-0.2, 0) is 11.3 Å². The van der Waals surface area contributed by atoms with Gasteiger partial charge in [0, 0.05) is 30.6 Å². The van der Waals surface area contributed by atoms with Crippen molar-refractivity contribution in [2.75, 3.05) is 26.2 Å². The number of urea groups is 1. The Labute approximate surface area is 155 Å². The van der Waals surface area contributed by atoms with Crippen molar-refractivity contribution in [3.63, 3.8) is 0 Å². The molecule has 3 amide bonds. The second-order valence-electron chi connectivity index (χ2n) is 6.54. The number of thiazole rings is 1. The molecular weight excluding hydrogens is 352 g/mol. The van der Waals surface area contributed by atoms with Crippen molar-refractivity contribution in [1.82, 2.24) is 20.1 Å². The molecule has 1 aromatic carbocycles. The van der Waals surface area contributed by atoms with Gasteiger partial charge in [0.05, 0.1) is 18.3 Å². The maximum Gasteiger partial charge on any atom is 0.410 e. The molecule has 4 rings (SSSR count). The number of benzene rings is 1. The van der Waals surface area contributed by atoms with E-state index < -0.39 is 0 Å². The molecule has 0 bridgehead atoms. The van der Waals surface area contributed by atoms with Crippen LogP contribution in [0.15, 0.2) is 29.6 Å². The second kappa shape index (κ2) is 6.95. The van der Waals surface area contributed by atoms with E-state index in [0.717, 1.165) is 16.3 Å². The van der Waals surface area contributed by atoms with E-state index in [1.54, 1.807) is 21.1 Å². The highest BCUT2D eigenvalue weighted by Gasteiger charge is 2.38. The highest BCUT2D eigenvalue weighted by Crippen LogP contribution is 2.24. The zero-order chi connectivity index (χ0) is 18.1. The smallest absolute Gasteiger partial charge is 0.410 e. The van der Waals surface area contributed by atoms with Crippen LogP contribution in [0.2, 0.25) is 0 Å². The molecule has 0 radical (unpaired) electrons. The number of aryl methyl sites for hydroxylation is 1. The lowest BCUT2D eigenvalue weighted by Crippen LogP contribution is -2.55. The van der Waals surface area contributed by atoms with Gasteiger partial charge in [-0.2, -0.15) is 0 Å². The lowest BCUT2D eigenvalue weighted by molar-refractivity contribution is 0.127. The lowest BCUT2D eigenvalue weighted by atomic mass is 10.1. The summed E-state index contributed by atoms with van der Waals surface area (Å²) in [5, 5.41) is 5.85. The molecular formula is C18H20N4O3S. The Bertz CT molecular complexity index is 837. The van der Waals surface area contributed by atoms with Crippen molar-refractivity contribution in [2.45, 2.75) is 19.5 Å². The number of hydrogen-bond donors (Lipinski definition) is 1. The van der Waals surface area contributed by atoms with Gasteiger partial charge in [-0.15, -0.1) is 11.3 Å². The molecule has 1 N–H and O–H groups in total. The molecule has 1 atom stereocenters. The zero-order valence-electron chi connectivity index (χ0n) is 14.5. The van der Waals surface area contributed by atoms with Gasteiger partial charge in [-0.3, -0.25) is 4.90 Å². The number of ether oxygens (including phenoxy) is 1. The molecule has 1 unspecified atom stereocenters. The number of cyclic esters (lactones) is 1. The highest BCUT2D eigenvalue weighted by atomic mass is 32.1. The van der Waals surface area contributed by atoms with E-state index >= 15 is 0 Å². The number of amides is 3. The van der Waals surface area contributed by atoms with Gasteiger partial charge < -0.3 is 15.0 Å². The number of nitrogens with zero attached hydrogens (tertiary/aromatic N) is 3. The molecule has 0 saturated carbocycles. The molecule has 8 heteroatoms. The van der Waals surface area contributed by atoms with Crippen LogP contribution in [0.5, 0.6) is 0 Å². The highest BCUT2D eigenvalue weighted by molar-refractivity contribution is 7.13. The maximum absolute atomic E-state index is 12.4. The van der Waals surface area contributed by atoms with E-state index in [0.29, 0.717) is 32.8 Å². The molecule has 136 valence electrons. The molecule has 0 spiro atoms. The fourth-order valence-corrected chi connectivity index (χ4v) is 4.07. The topological polar surface area (TPSA) is 74.8 Å². The van der Waals surface area contributed by atoms with Crippen LogP contribution in [0.1, 0.15) is 11.3 Å². The maximum atomic E-state index is 12.4. The number of aromatic nitrogens is 1. The zero-order valence-corrected chi connectivity index (χ0v) is 15.3. The number of fused-ring (bicyclic) bond motifs is 1. The summed E-state index contributed by atoms with van der Waals surface area (Å²) >= 11 is 1.57. The van der Waals surface area contributed by atoms with Crippen LogP contribution in [0, 0.1) is 6.92 Å². The van der Waals surface area contributed by atoms with Crippen LogP contribution < -0.4 is 5.32 Å². The van der Waals surface area contributed by atoms with E-state index in [4.69, 9.17) is 4.74 Å². The van der Waals surface area contributed by atoms with Gasteiger partial charge in [0.1, 0.15) is 11.6 Å². The molecule has 3 heterocycles. The average Bonchev–Trinajstić information content (AvgIpc) is 3.26. The monoisotopic (exact) mass is 372 g/mol. The first-order chi connectivity index (χ1) is 12.6. The van der Waals surface area contributed by atoms with E-state index in [2.05, 4.69) is 29.4 Å². The predicted molar refractivity (Wildman–Crippen MR) is 97.9 cm³/mol. The Hall–Kier alpha value is -2.61. The van der Waals surface area contributed by atoms with Gasteiger partial charge in [0.2, 0.25) is 0 Å². The lowest BCUT2D eigenvalue weighted by Gasteiger charge is -2.35. The Morgan fingerprint density at radius 1 is 1.42 bits per heavy atom. The summed E-state index contributed by atoms with van der Waals surface area (Å²) in [6, 6.07) is 8.05. The fourth-order valence-electron chi connectivity index (χ4n) is 3.25. The van der Waals surface area contributed by atoms with Gasteiger partial charge in [0.25, 0.3) is 0 Å². The molecule has 2 saturated heterocycles. The van der Waals surface area contributed by atoms with Crippen LogP contribution in [0.4, 0.5) is 9.59 Å². The number of nitrogens with one attached hydrogen (secondary N) is 1. The second-order valence-corrected chi connectivity index (χ2v) is 7.40. The first-order valence-electron chi connectivity index (χ1n) is 8.58. The summed E-state index contributed by atoms with van der Waals surface area (Å²) in [5.41, 5.74) is 3.13. The van der Waals surface area contributed by atoms with Crippen molar-refractivity contribution in [3.05, 3.63) is 40.9 Å². The summed E-state index contributed by atoms with van der Waals surface area (Å²) in [4.78, 5) is 32.0. The largest absolute Gasteiger partial charge is 0.447 e. The number of piperazine rings is 1. The summed E-state index contributed by atoms with van der Waals surface area (Å²) in [6.07, 6.45) is -0.277. The molecule has 0 aliphatic carbocycles. The first kappa shape index (κ1) is 16.8. The Kier molecular flexibility index (Phi) is 4.50. The van der Waals surface area contributed by atoms with Gasteiger partial charge in [-0.25, -0.2) is 14.6 Å². The minimum atomic E-state index is -0.277. The molecule has 2 aliphatic rings. The van der Waals surface area contributed by atoms with Gasteiger partial charge >= 0.3 is 12.1 Å². The van der Waals surface area contributed by atoms with Gasteiger partial charge in [0.15, 0.2) is 0 Å². The van der Waals surface area contributed by atoms with E-state index in [-0.39, 0.29) is 18.2 Å². The standard InChI is InChI=1S/C18H20N4O3S/c1-12-3-2-4-13(7-12)16-20-14(11-26-16)8-19-17(23)21-5-6-22-15(9-21)10-25-18(22)24/h2-4,7,11,15H,5-6,8-10H2,1H3,(H,19,23). The van der Waals surface area contributed by atoms with Crippen LogP contribution >= 0.6 is 11.3 Å². The van der Waals surface area contributed by atoms with Gasteiger partial charge in [-0.05, 0) is 13.0 Å². The Morgan fingerprint density at radius 2 is 2.31 bits per heavy atom. The normalized spacial score (nSPS) is 19.3. The molecule has 1 aromatic heterocycles. The predicted octanol–water partition coefficient (Wildman–Crippen LogP) is 2.46. The minimum absolute atomic E-state index is 0.0332. The summed E-state index contributed by atoms with van der Waals surface area (Å²) in [5.74, 6) is 0. The third kappa shape index (κ3) is 3.37. The molecule has 2 aliphatic heterocycles. The van der Waals surface area contributed by atoms with Crippen molar-refractivity contribution >= 4 is 23.5 Å². The summed E-state index contributed by atoms with van der Waals surface area (Å²) in [6.45, 7) is 4.34. The van der Waals surface area contributed by atoms with Crippen LogP contribution in [0.25, 0.3) is 10.6 Å². The minimum Gasteiger partial charge on any atom is -0.447 e. The number of carbonyl (C=O) groups excluding carboxylic acids is 2. The quantitative estimate of drug-likeness (QED) is 0.898. The SMILES string of the molecule is Cc1cccc(-c2nc(CNC(=O)N3CCN4C(=O)OCC4C3)cs2)c1. The average molecular weight is 372 g/mol. The summed E-state index contributed by atoms with van der Waals surface area (Å²) in [7, 11) is 0. The third-order valence-corrected chi connectivity index (χ3v) is 5.58. The Morgan fingerprint density at radius 3 is 3.15 bits per heavy atom. The first-order valence-corrected chi connectivity index (χ1v) is 9.46. The van der Waals surface area contributed by atoms with E-state index in [9.17, 15) is 9.59 Å². The molecule has 2 fully saturated rings. The van der Waals surface area contributed by atoms with Gasteiger partial charge in [-0.1, -0.05) is 23.8 Å². The van der Waals surface area contributed by atoms with E-state index in [1.807, 2.05) is 17.5 Å². The molecule has 2 aromatic rings. The van der Waals surface area contributed by atoms with Crippen molar-refractivity contribution < 1.29 is 14.3 Å². The molecule has 7 nitrogen and oxygen atoms in total. The van der Waals surface area contributed by atoms with Crippen LogP contribution in [0.3, 0.4) is 0 Å². The van der Waals surface area contributed by atoms with Crippen molar-refractivity contribution in [3.8, 4) is 10.6 Å². The fraction of sp³-hybridized carbons (Fsp3) is 0.389. The number of rotatable bonds is 3. The van der Waals surface area contributed by atoms with Crippen molar-refractivity contribution in [2.24, 2.45) is 0 Å². The third-order valence-electron chi connectivity index (χ3n) is 4.64. The Balaban J connectivity index is 1.33. The van der Waals surface area contributed by atoms with E-state index in [1.165, 1.54) is 5.56 Å². The number of hydrogen-bond acceptors (Lipinski definition) is 5. The van der Waals surface area contributed by atoms with Crippen molar-refractivity contribution in [1.29, 1.82) is 0 Å².